The largest absolute Gasteiger partial charge is 0.454 e. The van der Waals surface area contributed by atoms with Gasteiger partial charge in [0.1, 0.15) is 5.54 Å². The van der Waals surface area contributed by atoms with Crippen molar-refractivity contribution < 1.29 is 23.9 Å². The number of imide groups is 1. The minimum atomic E-state index is -1.13. The molecule has 0 saturated carbocycles. The molecular weight excluding hydrogens is 372 g/mol. The Morgan fingerprint density at radius 3 is 2.48 bits per heavy atom. The molecule has 7 heteroatoms. The van der Waals surface area contributed by atoms with Gasteiger partial charge >= 0.3 is 6.03 Å². The van der Waals surface area contributed by atoms with Gasteiger partial charge in [-0.2, -0.15) is 0 Å². The SMILES string of the molecule is CCc1ccc(C(=O)CN2C(=O)N[C@@](C)(Cc3ccc4c(c3)OCO4)C2=O)cc1. The molecule has 0 spiro atoms. The van der Waals surface area contributed by atoms with Gasteiger partial charge in [-0.1, -0.05) is 37.3 Å². The van der Waals surface area contributed by atoms with Gasteiger partial charge in [0.05, 0.1) is 6.54 Å². The first-order valence-electron chi connectivity index (χ1n) is 9.54. The molecule has 0 unspecified atom stereocenters. The van der Waals surface area contributed by atoms with Crippen LogP contribution in [0.1, 0.15) is 35.3 Å². The maximum atomic E-state index is 13.0. The van der Waals surface area contributed by atoms with Gasteiger partial charge in [-0.15, -0.1) is 0 Å². The van der Waals surface area contributed by atoms with Crippen LogP contribution in [0.25, 0.3) is 0 Å². The number of nitrogens with zero attached hydrogens (tertiary/aromatic N) is 1. The monoisotopic (exact) mass is 394 g/mol. The number of hydrogen-bond acceptors (Lipinski definition) is 5. The van der Waals surface area contributed by atoms with Gasteiger partial charge in [0.2, 0.25) is 6.79 Å². The number of Topliss-reactive ketones (excluding diaryl/α,β-unsaturated/α-hetero) is 1. The van der Waals surface area contributed by atoms with Crippen LogP contribution < -0.4 is 14.8 Å². The van der Waals surface area contributed by atoms with E-state index in [1.165, 1.54) is 0 Å². The highest BCUT2D eigenvalue weighted by Gasteiger charge is 2.48. The first-order chi connectivity index (χ1) is 13.9. The van der Waals surface area contributed by atoms with Gasteiger partial charge in [-0.3, -0.25) is 14.5 Å². The van der Waals surface area contributed by atoms with Crippen molar-refractivity contribution in [1.29, 1.82) is 0 Å². The van der Waals surface area contributed by atoms with E-state index >= 15 is 0 Å². The van der Waals surface area contributed by atoms with Crippen LogP contribution in [-0.4, -0.2) is 41.5 Å². The summed E-state index contributed by atoms with van der Waals surface area (Å²) in [4.78, 5) is 39.0. The summed E-state index contributed by atoms with van der Waals surface area (Å²) in [5.41, 5.74) is 1.30. The third-order valence-electron chi connectivity index (χ3n) is 5.33. The molecule has 1 N–H and O–H groups in total. The molecule has 2 aromatic carbocycles. The smallest absolute Gasteiger partial charge is 0.325 e. The molecule has 150 valence electrons. The van der Waals surface area contributed by atoms with Crippen LogP contribution in [0.5, 0.6) is 11.5 Å². The Bertz CT molecular complexity index is 985. The Kier molecular flexibility index (Phi) is 4.74. The van der Waals surface area contributed by atoms with Crippen molar-refractivity contribution in [1.82, 2.24) is 10.2 Å². The lowest BCUT2D eigenvalue weighted by Gasteiger charge is -2.21. The first-order valence-corrected chi connectivity index (χ1v) is 9.54. The first kappa shape index (κ1) is 19.0. The predicted molar refractivity (Wildman–Crippen MR) is 105 cm³/mol. The van der Waals surface area contributed by atoms with Crippen LogP contribution in [0.4, 0.5) is 4.79 Å². The Labute approximate surface area is 168 Å². The zero-order valence-corrected chi connectivity index (χ0v) is 16.4. The average molecular weight is 394 g/mol. The van der Waals surface area contributed by atoms with Crippen LogP contribution in [0.2, 0.25) is 0 Å². The number of ether oxygens (including phenoxy) is 2. The van der Waals surface area contributed by atoms with Crippen molar-refractivity contribution in [2.24, 2.45) is 0 Å². The number of ketones is 1. The van der Waals surface area contributed by atoms with Crippen LogP contribution in [-0.2, 0) is 17.6 Å². The molecule has 7 nitrogen and oxygen atoms in total. The standard InChI is InChI=1S/C22H22N2O5/c1-3-14-4-7-16(8-5-14)17(25)12-24-20(26)22(2,23-21(24)27)11-15-6-9-18-19(10-15)29-13-28-18/h4-10H,3,11-13H2,1-2H3,(H,23,27)/t22-/m0/s1. The summed E-state index contributed by atoms with van der Waals surface area (Å²) in [5.74, 6) is 0.578. The Balaban J connectivity index is 1.48. The minimum absolute atomic E-state index is 0.168. The summed E-state index contributed by atoms with van der Waals surface area (Å²) < 4.78 is 10.7. The van der Waals surface area contributed by atoms with E-state index in [9.17, 15) is 14.4 Å². The highest BCUT2D eigenvalue weighted by Crippen LogP contribution is 2.34. The summed E-state index contributed by atoms with van der Waals surface area (Å²) in [6, 6.07) is 12.1. The van der Waals surface area contributed by atoms with Crippen molar-refractivity contribution in [2.45, 2.75) is 32.2 Å². The third kappa shape index (κ3) is 3.55. The topological polar surface area (TPSA) is 84.9 Å². The molecule has 0 aromatic heterocycles. The van der Waals surface area contributed by atoms with E-state index in [1.807, 2.05) is 25.1 Å². The zero-order chi connectivity index (χ0) is 20.6. The maximum Gasteiger partial charge on any atom is 0.325 e. The predicted octanol–water partition coefficient (Wildman–Crippen LogP) is 2.71. The molecule has 1 saturated heterocycles. The van der Waals surface area contributed by atoms with E-state index in [4.69, 9.17) is 9.47 Å². The lowest BCUT2D eigenvalue weighted by atomic mass is 9.92. The number of carbonyl (C=O) groups excluding carboxylic acids is 3. The molecule has 1 atom stereocenters. The minimum Gasteiger partial charge on any atom is -0.454 e. The second-order valence-electron chi connectivity index (χ2n) is 7.49. The second kappa shape index (κ2) is 7.24. The van der Waals surface area contributed by atoms with E-state index < -0.39 is 17.5 Å². The van der Waals surface area contributed by atoms with E-state index in [0.717, 1.165) is 22.4 Å². The summed E-state index contributed by atoms with van der Waals surface area (Å²) in [6.45, 7) is 3.58. The molecule has 2 heterocycles. The normalized spacial score (nSPS) is 20.1. The number of rotatable bonds is 6. The molecule has 0 aliphatic carbocycles. The van der Waals surface area contributed by atoms with Gasteiger partial charge in [-0.25, -0.2) is 4.79 Å². The molecule has 2 aromatic rings. The van der Waals surface area contributed by atoms with Crippen molar-refractivity contribution >= 4 is 17.7 Å². The third-order valence-corrected chi connectivity index (χ3v) is 5.33. The molecule has 3 amide bonds. The van der Waals surface area contributed by atoms with E-state index in [0.29, 0.717) is 17.1 Å². The van der Waals surface area contributed by atoms with Gasteiger partial charge in [0.25, 0.3) is 5.91 Å². The number of carbonyl (C=O) groups is 3. The van der Waals surface area contributed by atoms with Crippen LogP contribution in [0, 0.1) is 0 Å². The van der Waals surface area contributed by atoms with E-state index in [2.05, 4.69) is 5.32 Å². The quantitative estimate of drug-likeness (QED) is 0.602. The molecule has 4 rings (SSSR count). The van der Waals surface area contributed by atoms with Crippen LogP contribution >= 0.6 is 0 Å². The fraction of sp³-hybridized carbons (Fsp3) is 0.318. The molecular formula is C22H22N2O5. The zero-order valence-electron chi connectivity index (χ0n) is 16.4. The van der Waals surface area contributed by atoms with Gasteiger partial charge in [0.15, 0.2) is 17.3 Å². The Morgan fingerprint density at radius 1 is 1.07 bits per heavy atom. The maximum absolute atomic E-state index is 13.0. The molecule has 0 bridgehead atoms. The van der Waals surface area contributed by atoms with Crippen molar-refractivity contribution in [2.75, 3.05) is 13.3 Å². The second-order valence-corrected chi connectivity index (χ2v) is 7.49. The average Bonchev–Trinajstić information content (AvgIpc) is 3.26. The van der Waals surface area contributed by atoms with E-state index in [1.54, 1.807) is 31.2 Å². The molecule has 1 fully saturated rings. The Morgan fingerprint density at radius 2 is 1.76 bits per heavy atom. The Hall–Kier alpha value is -3.35. The lowest BCUT2D eigenvalue weighted by Crippen LogP contribution is -2.46. The van der Waals surface area contributed by atoms with Gasteiger partial charge < -0.3 is 14.8 Å². The van der Waals surface area contributed by atoms with Crippen molar-refractivity contribution in [3.63, 3.8) is 0 Å². The van der Waals surface area contributed by atoms with Crippen molar-refractivity contribution in [3.05, 3.63) is 59.2 Å². The van der Waals surface area contributed by atoms with Crippen LogP contribution in [0.15, 0.2) is 42.5 Å². The van der Waals surface area contributed by atoms with Crippen LogP contribution in [0.3, 0.4) is 0 Å². The summed E-state index contributed by atoms with van der Waals surface area (Å²) in [6.07, 6.45) is 1.16. The number of fused-ring (bicyclic) bond motifs is 1. The number of hydrogen-bond donors (Lipinski definition) is 1. The number of nitrogens with one attached hydrogen (secondary N) is 1. The lowest BCUT2D eigenvalue weighted by molar-refractivity contribution is -0.130. The summed E-state index contributed by atoms with van der Waals surface area (Å²) in [5, 5.41) is 2.73. The highest BCUT2D eigenvalue weighted by atomic mass is 16.7. The number of amides is 3. The summed E-state index contributed by atoms with van der Waals surface area (Å²) >= 11 is 0. The van der Waals surface area contributed by atoms with Gasteiger partial charge in [-0.05, 0) is 36.6 Å². The van der Waals surface area contributed by atoms with E-state index in [-0.39, 0.29) is 25.5 Å². The summed E-state index contributed by atoms with van der Waals surface area (Å²) in [7, 11) is 0. The fourth-order valence-electron chi connectivity index (χ4n) is 3.63. The molecule has 2 aliphatic heterocycles. The fourth-order valence-corrected chi connectivity index (χ4v) is 3.63. The number of aryl methyl sites for hydroxylation is 1. The molecule has 29 heavy (non-hydrogen) atoms. The molecule has 0 radical (unpaired) electrons. The molecule has 2 aliphatic rings. The number of urea groups is 1. The van der Waals surface area contributed by atoms with Crippen molar-refractivity contribution in [3.8, 4) is 11.5 Å². The van der Waals surface area contributed by atoms with Gasteiger partial charge in [0, 0.05) is 12.0 Å². The number of benzene rings is 2. The highest BCUT2D eigenvalue weighted by molar-refractivity contribution is 6.11.